The lowest BCUT2D eigenvalue weighted by Crippen LogP contribution is -2.28. The van der Waals surface area contributed by atoms with Crippen molar-refractivity contribution in [2.45, 2.75) is 12.8 Å². The Morgan fingerprint density at radius 2 is 1.76 bits per heavy atom. The number of hydrogen-bond acceptors (Lipinski definition) is 5. The van der Waals surface area contributed by atoms with Gasteiger partial charge in [0, 0.05) is 30.2 Å². The first kappa shape index (κ1) is 23.7. The van der Waals surface area contributed by atoms with Crippen molar-refractivity contribution < 1.29 is 13.6 Å². The Morgan fingerprint density at radius 1 is 0.946 bits per heavy atom. The fourth-order valence-electron chi connectivity index (χ4n) is 3.94. The van der Waals surface area contributed by atoms with Crippen LogP contribution in [0, 0.1) is 11.6 Å². The number of anilines is 2. The fraction of sp³-hybridized carbons (Fsp3) is 0.0741. The maximum absolute atomic E-state index is 15.2. The molecule has 2 amide bonds. The molecule has 0 fully saturated rings. The highest BCUT2D eigenvalue weighted by atomic mass is 19.1. The minimum absolute atomic E-state index is 0.0167. The average Bonchev–Trinajstić information content (AvgIpc) is 2.91. The van der Waals surface area contributed by atoms with E-state index < -0.39 is 29.1 Å². The summed E-state index contributed by atoms with van der Waals surface area (Å²) in [7, 11) is 0. The zero-order valence-corrected chi connectivity index (χ0v) is 19.5. The van der Waals surface area contributed by atoms with Crippen LogP contribution in [0.4, 0.5) is 25.0 Å². The molecule has 1 atom stereocenters. The molecule has 2 aromatic carbocycles. The quantitative estimate of drug-likeness (QED) is 0.345. The summed E-state index contributed by atoms with van der Waals surface area (Å²) in [6.07, 6.45) is 4.75. The van der Waals surface area contributed by atoms with E-state index in [0.29, 0.717) is 5.52 Å². The molecule has 10 heteroatoms. The summed E-state index contributed by atoms with van der Waals surface area (Å²) >= 11 is 0. The van der Waals surface area contributed by atoms with E-state index in [0.717, 1.165) is 16.2 Å². The monoisotopic (exact) mass is 498 g/mol. The number of amides is 2. The number of benzene rings is 2. The van der Waals surface area contributed by atoms with Gasteiger partial charge in [-0.3, -0.25) is 14.3 Å². The molecule has 37 heavy (non-hydrogen) atoms. The normalized spacial score (nSPS) is 11.8. The third kappa shape index (κ3) is 4.76. The number of halogens is 2. The van der Waals surface area contributed by atoms with Gasteiger partial charge in [0.2, 0.25) is 0 Å². The first-order chi connectivity index (χ1) is 17.9. The van der Waals surface area contributed by atoms with Crippen molar-refractivity contribution in [3.8, 4) is 5.69 Å². The van der Waals surface area contributed by atoms with Crippen molar-refractivity contribution in [2.75, 3.05) is 10.6 Å². The Balaban J connectivity index is 1.58. The number of carbonyl (C=O) groups excluding carboxylic acids is 1. The molecular formula is C27H20F2N6O2. The van der Waals surface area contributed by atoms with Gasteiger partial charge >= 0.3 is 6.03 Å². The standard InChI is InChI=1S/C27H20F2N6O2/c1-16(17-6-4-12-30-15-17)24-26(36)35(25-22(33-24)9-5-13-31-25)23-14-18(10-11-20(23)29)32-27(37)34-21-8-3-2-7-19(21)28/h2-16H,1H3,(H2,32,34,37). The maximum Gasteiger partial charge on any atom is 0.323 e. The Bertz CT molecular complexity index is 1670. The van der Waals surface area contributed by atoms with Crippen molar-refractivity contribution in [3.63, 3.8) is 0 Å². The molecule has 0 aliphatic rings. The molecule has 0 saturated carbocycles. The number of nitrogens with zero attached hydrogens (tertiary/aromatic N) is 4. The van der Waals surface area contributed by atoms with Crippen LogP contribution >= 0.6 is 0 Å². The van der Waals surface area contributed by atoms with Crippen LogP contribution in [0.15, 0.2) is 90.1 Å². The van der Waals surface area contributed by atoms with Crippen LogP contribution in [0.2, 0.25) is 0 Å². The van der Waals surface area contributed by atoms with Gasteiger partial charge in [-0.15, -0.1) is 0 Å². The Labute approximate surface area is 209 Å². The molecular weight excluding hydrogens is 478 g/mol. The highest BCUT2D eigenvalue weighted by Gasteiger charge is 2.21. The molecule has 2 N–H and O–H groups in total. The van der Waals surface area contributed by atoms with Crippen LogP contribution < -0.4 is 16.2 Å². The van der Waals surface area contributed by atoms with Crippen LogP contribution in [-0.2, 0) is 0 Å². The highest BCUT2D eigenvalue weighted by molar-refractivity contribution is 6.00. The Kier molecular flexibility index (Phi) is 6.38. The van der Waals surface area contributed by atoms with Crippen LogP contribution in [0.1, 0.15) is 24.1 Å². The van der Waals surface area contributed by atoms with Crippen molar-refractivity contribution in [1.82, 2.24) is 19.5 Å². The number of aromatic nitrogens is 4. The molecule has 0 saturated heterocycles. The number of hydrogen-bond donors (Lipinski definition) is 2. The number of para-hydroxylation sites is 1. The van der Waals surface area contributed by atoms with E-state index in [-0.39, 0.29) is 28.4 Å². The predicted molar refractivity (Wildman–Crippen MR) is 136 cm³/mol. The molecule has 5 aromatic rings. The molecule has 1 unspecified atom stereocenters. The largest absolute Gasteiger partial charge is 0.323 e. The lowest BCUT2D eigenvalue weighted by atomic mass is 9.99. The smallest absolute Gasteiger partial charge is 0.308 e. The summed E-state index contributed by atoms with van der Waals surface area (Å²) in [5.74, 6) is -1.75. The molecule has 0 spiro atoms. The van der Waals surface area contributed by atoms with Gasteiger partial charge in [0.1, 0.15) is 22.8 Å². The number of pyridine rings is 2. The second-order valence-electron chi connectivity index (χ2n) is 8.22. The molecule has 5 rings (SSSR count). The second kappa shape index (κ2) is 9.94. The van der Waals surface area contributed by atoms with E-state index in [4.69, 9.17) is 0 Å². The molecule has 3 heterocycles. The van der Waals surface area contributed by atoms with E-state index in [1.54, 1.807) is 36.7 Å². The number of urea groups is 1. The second-order valence-corrected chi connectivity index (χ2v) is 8.22. The first-order valence-corrected chi connectivity index (χ1v) is 11.3. The van der Waals surface area contributed by atoms with Crippen molar-refractivity contribution in [3.05, 3.63) is 119 Å². The number of fused-ring (bicyclic) bond motifs is 1. The minimum Gasteiger partial charge on any atom is -0.308 e. The minimum atomic E-state index is -0.737. The van der Waals surface area contributed by atoms with Gasteiger partial charge in [0.15, 0.2) is 5.65 Å². The lowest BCUT2D eigenvalue weighted by Gasteiger charge is -2.16. The van der Waals surface area contributed by atoms with Crippen LogP contribution in [0.5, 0.6) is 0 Å². The molecule has 184 valence electrons. The van der Waals surface area contributed by atoms with Crippen LogP contribution in [-0.4, -0.2) is 25.6 Å². The molecule has 8 nitrogen and oxygen atoms in total. The number of rotatable bonds is 5. The molecule has 0 radical (unpaired) electrons. The van der Waals surface area contributed by atoms with Crippen molar-refractivity contribution in [1.29, 1.82) is 0 Å². The van der Waals surface area contributed by atoms with Gasteiger partial charge in [-0.2, -0.15) is 0 Å². The summed E-state index contributed by atoms with van der Waals surface area (Å²) in [6, 6.07) is 15.7. The fourth-order valence-corrected chi connectivity index (χ4v) is 3.94. The van der Waals surface area contributed by atoms with E-state index in [9.17, 15) is 14.0 Å². The third-order valence-electron chi connectivity index (χ3n) is 5.80. The third-order valence-corrected chi connectivity index (χ3v) is 5.80. The molecule has 0 aliphatic carbocycles. The van der Waals surface area contributed by atoms with Crippen LogP contribution in [0.25, 0.3) is 16.9 Å². The van der Waals surface area contributed by atoms with E-state index in [2.05, 4.69) is 25.6 Å². The van der Waals surface area contributed by atoms with Crippen molar-refractivity contribution in [2.24, 2.45) is 0 Å². The Hall–Kier alpha value is -4.99. The van der Waals surface area contributed by atoms with E-state index in [1.165, 1.54) is 36.5 Å². The lowest BCUT2D eigenvalue weighted by molar-refractivity contribution is 0.262. The first-order valence-electron chi connectivity index (χ1n) is 11.3. The summed E-state index contributed by atoms with van der Waals surface area (Å²) in [5.41, 5.74) is 0.973. The number of carbonyl (C=O) groups is 1. The molecule has 3 aromatic heterocycles. The van der Waals surface area contributed by atoms with Gasteiger partial charge in [-0.25, -0.2) is 23.5 Å². The van der Waals surface area contributed by atoms with Gasteiger partial charge in [-0.05, 0) is 54.1 Å². The zero-order valence-electron chi connectivity index (χ0n) is 19.5. The molecule has 0 bridgehead atoms. The zero-order chi connectivity index (χ0) is 25.9. The van der Waals surface area contributed by atoms with Gasteiger partial charge < -0.3 is 10.6 Å². The van der Waals surface area contributed by atoms with Gasteiger partial charge in [0.25, 0.3) is 5.56 Å². The summed E-state index contributed by atoms with van der Waals surface area (Å²) in [4.78, 5) is 39.1. The van der Waals surface area contributed by atoms with Crippen LogP contribution in [0.3, 0.4) is 0 Å². The summed E-state index contributed by atoms with van der Waals surface area (Å²) in [6.45, 7) is 1.81. The summed E-state index contributed by atoms with van der Waals surface area (Å²) in [5, 5.41) is 4.94. The average molecular weight is 498 g/mol. The topological polar surface area (TPSA) is 102 Å². The SMILES string of the molecule is CC(c1cccnc1)c1nc2cccnc2n(-c2cc(NC(=O)Nc3ccccc3F)ccc2F)c1=O. The van der Waals surface area contributed by atoms with E-state index in [1.807, 2.05) is 13.0 Å². The maximum atomic E-state index is 15.2. The van der Waals surface area contributed by atoms with Crippen molar-refractivity contribution >= 4 is 28.6 Å². The Morgan fingerprint density at radius 3 is 2.54 bits per heavy atom. The van der Waals surface area contributed by atoms with E-state index >= 15 is 4.39 Å². The number of nitrogens with one attached hydrogen (secondary N) is 2. The molecule has 0 aliphatic heterocycles. The highest BCUT2D eigenvalue weighted by Crippen LogP contribution is 2.25. The van der Waals surface area contributed by atoms with Gasteiger partial charge in [0.05, 0.1) is 11.4 Å². The summed E-state index contributed by atoms with van der Waals surface area (Å²) < 4.78 is 30.2. The van der Waals surface area contributed by atoms with Gasteiger partial charge in [-0.1, -0.05) is 25.1 Å². The predicted octanol–water partition coefficient (Wildman–Crippen LogP) is 5.25.